The monoisotopic (exact) mass is 330 g/mol. The number of aldehydes is 1. The van der Waals surface area contributed by atoms with Gasteiger partial charge < -0.3 is 4.74 Å². The first kappa shape index (κ1) is 16.6. The smallest absolute Gasteiger partial charge is 0.225 e. The summed E-state index contributed by atoms with van der Waals surface area (Å²) in [4.78, 5) is 21.4. The first-order valence-corrected chi connectivity index (χ1v) is 6.09. The van der Waals surface area contributed by atoms with Crippen molar-refractivity contribution in [1.29, 1.82) is 0 Å². The van der Waals surface area contributed by atoms with E-state index in [1.165, 1.54) is 24.3 Å². The van der Waals surface area contributed by atoms with Crippen molar-refractivity contribution >= 4 is 12.1 Å². The van der Waals surface area contributed by atoms with Gasteiger partial charge in [-0.05, 0) is 24.3 Å². The Kier molecular flexibility index (Phi) is 4.73. The van der Waals surface area contributed by atoms with Gasteiger partial charge in [-0.15, -0.1) is 0 Å². The minimum Gasteiger partial charge on any atom is -0.489 e. The number of rotatable bonds is 5. The Bertz CT molecular complexity index is 743. The lowest BCUT2D eigenvalue weighted by molar-refractivity contribution is -0.104. The third-order valence-corrected chi connectivity index (χ3v) is 2.93. The molecular formula is C15H7F5O3. The third kappa shape index (κ3) is 3.20. The Morgan fingerprint density at radius 3 is 1.83 bits per heavy atom. The molecule has 0 aliphatic heterocycles. The molecule has 2 aromatic rings. The summed E-state index contributed by atoms with van der Waals surface area (Å²) in [6.07, 6.45) is 0.102. The topological polar surface area (TPSA) is 43.4 Å². The number of ketones is 1. The number of ether oxygens (including phenoxy) is 1. The van der Waals surface area contributed by atoms with Crippen LogP contribution in [0.5, 0.6) is 5.75 Å². The second kappa shape index (κ2) is 6.55. The first-order chi connectivity index (χ1) is 10.9. The lowest BCUT2D eigenvalue weighted by Gasteiger charge is -2.10. The van der Waals surface area contributed by atoms with Gasteiger partial charge in [0.1, 0.15) is 12.4 Å². The predicted octanol–water partition coefficient (Wildman–Crippen LogP) is 3.34. The number of carbonyl (C=O) groups excluding carboxylic acids is 2. The molecular weight excluding hydrogens is 323 g/mol. The molecule has 0 spiro atoms. The van der Waals surface area contributed by atoms with Gasteiger partial charge >= 0.3 is 0 Å². The van der Waals surface area contributed by atoms with Crippen molar-refractivity contribution in [3.8, 4) is 5.75 Å². The fourth-order valence-electron chi connectivity index (χ4n) is 1.72. The Hall–Kier alpha value is -2.77. The van der Waals surface area contributed by atoms with Crippen molar-refractivity contribution in [2.45, 2.75) is 6.61 Å². The summed E-state index contributed by atoms with van der Waals surface area (Å²) in [5.74, 6) is -11.1. The summed E-state index contributed by atoms with van der Waals surface area (Å²) in [6.45, 7) is -0.910. The molecule has 3 nitrogen and oxygen atoms in total. The molecule has 0 aliphatic rings. The minimum absolute atomic E-state index is 0.0105. The molecule has 0 N–H and O–H groups in total. The fourth-order valence-corrected chi connectivity index (χ4v) is 1.72. The molecule has 2 rings (SSSR count). The average molecular weight is 330 g/mol. The SMILES string of the molecule is O=CC(=O)c1ccc(OCc2c(F)c(F)c(F)c(F)c2F)cc1. The van der Waals surface area contributed by atoms with E-state index < -0.39 is 47.0 Å². The van der Waals surface area contributed by atoms with Gasteiger partial charge in [-0.2, -0.15) is 0 Å². The van der Waals surface area contributed by atoms with E-state index in [9.17, 15) is 31.5 Å². The zero-order valence-corrected chi connectivity index (χ0v) is 11.2. The van der Waals surface area contributed by atoms with Gasteiger partial charge in [-0.1, -0.05) is 0 Å². The molecule has 0 bridgehead atoms. The Morgan fingerprint density at radius 1 is 0.870 bits per heavy atom. The molecule has 120 valence electrons. The van der Waals surface area contributed by atoms with Crippen molar-refractivity contribution in [3.63, 3.8) is 0 Å². The molecule has 0 atom stereocenters. The summed E-state index contributed by atoms with van der Waals surface area (Å²) >= 11 is 0. The number of Topliss-reactive ketones (excluding diaryl/α,β-unsaturated/α-hetero) is 1. The zero-order valence-electron chi connectivity index (χ0n) is 11.2. The standard InChI is InChI=1S/C15H7F5O3/c16-11-9(12(17)14(19)15(20)13(11)18)6-23-8-3-1-7(2-4-8)10(22)5-21/h1-5H,6H2. The van der Waals surface area contributed by atoms with Crippen LogP contribution in [0.1, 0.15) is 15.9 Å². The second-order valence-corrected chi connectivity index (χ2v) is 4.34. The van der Waals surface area contributed by atoms with Gasteiger partial charge in [0.05, 0.1) is 5.56 Å². The number of halogens is 5. The van der Waals surface area contributed by atoms with Crippen LogP contribution in [0, 0.1) is 29.1 Å². The van der Waals surface area contributed by atoms with Gasteiger partial charge in [0.2, 0.25) is 11.6 Å². The highest BCUT2D eigenvalue weighted by atomic mass is 19.2. The van der Waals surface area contributed by atoms with Gasteiger partial charge in [0.25, 0.3) is 0 Å². The lowest BCUT2D eigenvalue weighted by atomic mass is 10.1. The second-order valence-electron chi connectivity index (χ2n) is 4.34. The van der Waals surface area contributed by atoms with Crippen LogP contribution in [0.15, 0.2) is 24.3 Å². The summed E-state index contributed by atoms with van der Waals surface area (Å²) in [5, 5.41) is 0. The van der Waals surface area contributed by atoms with Crippen LogP contribution in [0.25, 0.3) is 0 Å². The molecule has 2 aromatic carbocycles. The summed E-state index contributed by atoms with van der Waals surface area (Å²) in [5.41, 5.74) is -1.06. The van der Waals surface area contributed by atoms with Crippen LogP contribution >= 0.6 is 0 Å². The molecule has 0 saturated heterocycles. The fraction of sp³-hybridized carbons (Fsp3) is 0.0667. The Morgan fingerprint density at radius 2 is 1.35 bits per heavy atom. The highest BCUT2D eigenvalue weighted by Crippen LogP contribution is 2.24. The maximum atomic E-state index is 13.4. The molecule has 0 heterocycles. The summed E-state index contributed by atoms with van der Waals surface area (Å²) in [6, 6.07) is 4.85. The predicted molar refractivity (Wildman–Crippen MR) is 67.4 cm³/mol. The van der Waals surface area contributed by atoms with E-state index >= 15 is 0 Å². The van der Waals surface area contributed by atoms with Crippen molar-refractivity contribution in [2.75, 3.05) is 0 Å². The van der Waals surface area contributed by atoms with Crippen molar-refractivity contribution in [1.82, 2.24) is 0 Å². The normalized spacial score (nSPS) is 10.5. The molecule has 0 aromatic heterocycles. The Labute approximate surface area is 126 Å². The third-order valence-electron chi connectivity index (χ3n) is 2.93. The molecule has 0 fully saturated rings. The van der Waals surface area contributed by atoms with Crippen LogP contribution in [0.2, 0.25) is 0 Å². The lowest BCUT2D eigenvalue weighted by Crippen LogP contribution is -2.10. The number of hydrogen-bond acceptors (Lipinski definition) is 3. The zero-order chi connectivity index (χ0) is 17.1. The van der Waals surface area contributed by atoms with Crippen molar-refractivity contribution in [3.05, 3.63) is 64.5 Å². The maximum Gasteiger partial charge on any atom is 0.225 e. The maximum absolute atomic E-state index is 13.4. The number of carbonyl (C=O) groups is 2. The highest BCUT2D eigenvalue weighted by Gasteiger charge is 2.25. The van der Waals surface area contributed by atoms with Gasteiger partial charge in [-0.25, -0.2) is 22.0 Å². The van der Waals surface area contributed by atoms with Crippen LogP contribution < -0.4 is 4.74 Å². The minimum atomic E-state index is -2.25. The van der Waals surface area contributed by atoms with E-state index in [0.29, 0.717) is 0 Å². The average Bonchev–Trinajstić information content (AvgIpc) is 2.58. The largest absolute Gasteiger partial charge is 0.489 e. The molecule has 0 aliphatic carbocycles. The van der Waals surface area contributed by atoms with Crippen LogP contribution in [0.4, 0.5) is 22.0 Å². The number of hydrogen-bond donors (Lipinski definition) is 0. The van der Waals surface area contributed by atoms with E-state index in [1.54, 1.807) is 0 Å². The van der Waals surface area contributed by atoms with Gasteiger partial charge in [0.15, 0.2) is 29.6 Å². The molecule has 0 radical (unpaired) electrons. The highest BCUT2D eigenvalue weighted by molar-refractivity contribution is 6.33. The molecule has 0 unspecified atom stereocenters. The van der Waals surface area contributed by atoms with E-state index in [4.69, 9.17) is 4.74 Å². The molecule has 0 amide bonds. The van der Waals surface area contributed by atoms with E-state index in [0.717, 1.165) is 0 Å². The quantitative estimate of drug-likeness (QED) is 0.211. The van der Waals surface area contributed by atoms with Crippen molar-refractivity contribution in [2.24, 2.45) is 0 Å². The summed E-state index contributed by atoms with van der Waals surface area (Å²) < 4.78 is 70.7. The van der Waals surface area contributed by atoms with Crippen LogP contribution in [0.3, 0.4) is 0 Å². The van der Waals surface area contributed by atoms with E-state index in [2.05, 4.69) is 0 Å². The van der Waals surface area contributed by atoms with Crippen molar-refractivity contribution < 1.29 is 36.3 Å². The molecule has 23 heavy (non-hydrogen) atoms. The number of benzene rings is 2. The molecule has 8 heteroatoms. The van der Waals surface area contributed by atoms with Gasteiger partial charge in [0, 0.05) is 5.56 Å². The summed E-state index contributed by atoms with van der Waals surface area (Å²) in [7, 11) is 0. The Balaban J connectivity index is 2.22. The van der Waals surface area contributed by atoms with E-state index in [-0.39, 0.29) is 17.6 Å². The molecule has 0 saturated carbocycles. The van der Waals surface area contributed by atoms with Crippen LogP contribution in [-0.2, 0) is 11.4 Å². The van der Waals surface area contributed by atoms with E-state index in [1.807, 2.05) is 0 Å². The van der Waals surface area contributed by atoms with Crippen LogP contribution in [-0.4, -0.2) is 12.1 Å². The van der Waals surface area contributed by atoms with Gasteiger partial charge in [-0.3, -0.25) is 9.59 Å². The first-order valence-electron chi connectivity index (χ1n) is 6.09.